The lowest BCUT2D eigenvalue weighted by atomic mass is 10.1. The van der Waals surface area contributed by atoms with Gasteiger partial charge in [-0.15, -0.1) is 0 Å². The van der Waals surface area contributed by atoms with Crippen LogP contribution in [-0.2, 0) is 17.3 Å². The number of rotatable bonds is 4. The summed E-state index contributed by atoms with van der Waals surface area (Å²) in [6, 6.07) is 6.16. The zero-order valence-electron chi connectivity index (χ0n) is 14.3. The summed E-state index contributed by atoms with van der Waals surface area (Å²) in [6.45, 7) is 12.5. The number of anilines is 1. The molecule has 5 heteroatoms. The maximum absolute atomic E-state index is 11.2. The number of nitrogens with zero attached hydrogens (tertiary/aromatic N) is 1. The van der Waals surface area contributed by atoms with Crippen LogP contribution in [0.25, 0.3) is 0 Å². The highest BCUT2D eigenvalue weighted by Gasteiger charge is 2.36. The lowest BCUT2D eigenvalue weighted by Crippen LogP contribution is -2.41. The van der Waals surface area contributed by atoms with Gasteiger partial charge in [-0.05, 0) is 48.2 Å². The molecule has 0 saturated heterocycles. The van der Waals surface area contributed by atoms with Crippen molar-refractivity contribution in [2.45, 2.75) is 51.7 Å². The van der Waals surface area contributed by atoms with Crippen molar-refractivity contribution in [3.8, 4) is 0 Å². The van der Waals surface area contributed by atoms with Crippen LogP contribution >= 0.6 is 0 Å². The molecule has 1 aromatic rings. The molecule has 0 saturated carbocycles. The van der Waals surface area contributed by atoms with Gasteiger partial charge in [0.1, 0.15) is 0 Å². The SMILES string of the molecule is CC(C)(C)[Si](C)(C)OCCc1ccc2c(c1)N(C(=O)O)CC2. The molecule has 1 N–H and O–H groups in total. The summed E-state index contributed by atoms with van der Waals surface area (Å²) in [7, 11) is -1.72. The van der Waals surface area contributed by atoms with Crippen LogP contribution < -0.4 is 4.90 Å². The third-order valence-corrected chi connectivity index (χ3v) is 9.47. The molecule has 0 spiro atoms. The van der Waals surface area contributed by atoms with E-state index in [0.29, 0.717) is 13.2 Å². The second-order valence-electron chi connectivity index (χ2n) is 7.51. The first-order chi connectivity index (χ1) is 10.1. The van der Waals surface area contributed by atoms with Crippen LogP contribution in [0.15, 0.2) is 18.2 Å². The van der Waals surface area contributed by atoms with Crippen LogP contribution in [0.2, 0.25) is 18.1 Å². The zero-order valence-corrected chi connectivity index (χ0v) is 15.3. The largest absolute Gasteiger partial charge is 0.465 e. The Labute approximate surface area is 134 Å². The lowest BCUT2D eigenvalue weighted by molar-refractivity contribution is 0.202. The molecule has 2 rings (SSSR count). The number of carbonyl (C=O) groups is 1. The molecule has 0 fully saturated rings. The molecule has 0 aromatic heterocycles. The Kier molecular flexibility index (Phi) is 4.68. The van der Waals surface area contributed by atoms with Crippen molar-refractivity contribution in [1.29, 1.82) is 0 Å². The minimum absolute atomic E-state index is 0.213. The first-order valence-electron chi connectivity index (χ1n) is 7.88. The molecule has 0 radical (unpaired) electrons. The predicted molar refractivity (Wildman–Crippen MR) is 92.4 cm³/mol. The second-order valence-corrected chi connectivity index (χ2v) is 12.3. The molecule has 1 aliphatic rings. The van der Waals surface area contributed by atoms with Crippen molar-refractivity contribution in [1.82, 2.24) is 0 Å². The van der Waals surface area contributed by atoms with Crippen molar-refractivity contribution in [3.63, 3.8) is 0 Å². The molecule has 22 heavy (non-hydrogen) atoms. The number of fused-ring (bicyclic) bond motifs is 1. The number of hydrogen-bond donors (Lipinski definition) is 1. The number of amides is 1. The quantitative estimate of drug-likeness (QED) is 0.842. The van der Waals surface area contributed by atoms with E-state index in [1.807, 2.05) is 6.07 Å². The molecule has 0 bridgehead atoms. The van der Waals surface area contributed by atoms with Crippen molar-refractivity contribution < 1.29 is 14.3 Å². The first kappa shape index (κ1) is 17.0. The molecular formula is C17H27NO3Si. The smallest absolute Gasteiger partial charge is 0.411 e. The van der Waals surface area contributed by atoms with Gasteiger partial charge in [0.25, 0.3) is 0 Å². The fourth-order valence-electron chi connectivity index (χ4n) is 2.42. The fourth-order valence-corrected chi connectivity index (χ4v) is 3.46. The Balaban J connectivity index is 2.01. The van der Waals surface area contributed by atoms with Crippen LogP contribution in [0.4, 0.5) is 10.5 Å². The van der Waals surface area contributed by atoms with Gasteiger partial charge < -0.3 is 9.53 Å². The summed E-state index contributed by atoms with van der Waals surface area (Å²) >= 11 is 0. The van der Waals surface area contributed by atoms with Crippen molar-refractivity contribution in [3.05, 3.63) is 29.3 Å². The Morgan fingerprint density at radius 3 is 2.64 bits per heavy atom. The molecule has 1 heterocycles. The Morgan fingerprint density at radius 1 is 1.36 bits per heavy atom. The number of hydrogen-bond acceptors (Lipinski definition) is 2. The van der Waals surface area contributed by atoms with Crippen molar-refractivity contribution >= 4 is 20.1 Å². The van der Waals surface area contributed by atoms with E-state index in [2.05, 4.69) is 46.0 Å². The van der Waals surface area contributed by atoms with Crippen LogP contribution in [0.1, 0.15) is 31.9 Å². The van der Waals surface area contributed by atoms with E-state index >= 15 is 0 Å². The van der Waals surface area contributed by atoms with Gasteiger partial charge in [0.2, 0.25) is 0 Å². The van der Waals surface area contributed by atoms with Crippen LogP contribution in [0.5, 0.6) is 0 Å². The number of benzene rings is 1. The fraction of sp³-hybridized carbons (Fsp3) is 0.588. The van der Waals surface area contributed by atoms with E-state index in [0.717, 1.165) is 29.7 Å². The van der Waals surface area contributed by atoms with Gasteiger partial charge in [0.15, 0.2) is 8.32 Å². The van der Waals surface area contributed by atoms with Crippen molar-refractivity contribution in [2.24, 2.45) is 0 Å². The Morgan fingerprint density at radius 2 is 2.05 bits per heavy atom. The maximum atomic E-state index is 11.2. The van der Waals surface area contributed by atoms with Gasteiger partial charge in [-0.25, -0.2) is 4.79 Å². The van der Waals surface area contributed by atoms with Gasteiger partial charge in [-0.1, -0.05) is 32.9 Å². The molecule has 1 amide bonds. The summed E-state index contributed by atoms with van der Waals surface area (Å²) in [6.07, 6.45) is 0.767. The van der Waals surface area contributed by atoms with Gasteiger partial charge in [-0.3, -0.25) is 4.90 Å². The Bertz CT molecular complexity index is 564. The van der Waals surface area contributed by atoms with Crippen LogP contribution in [0, 0.1) is 0 Å². The van der Waals surface area contributed by atoms with Gasteiger partial charge in [0, 0.05) is 13.2 Å². The minimum Gasteiger partial charge on any atom is -0.465 e. The summed E-state index contributed by atoms with van der Waals surface area (Å²) in [5.41, 5.74) is 3.11. The van der Waals surface area contributed by atoms with E-state index in [-0.39, 0.29) is 5.04 Å². The molecule has 1 aliphatic heterocycles. The molecule has 1 aromatic carbocycles. The molecule has 4 nitrogen and oxygen atoms in total. The van der Waals surface area contributed by atoms with E-state index in [9.17, 15) is 9.90 Å². The molecular weight excluding hydrogens is 294 g/mol. The summed E-state index contributed by atoms with van der Waals surface area (Å²) in [4.78, 5) is 12.7. The second kappa shape index (κ2) is 6.05. The van der Waals surface area contributed by atoms with Crippen LogP contribution in [-0.4, -0.2) is 32.7 Å². The lowest BCUT2D eigenvalue weighted by Gasteiger charge is -2.36. The highest BCUT2D eigenvalue weighted by molar-refractivity contribution is 6.74. The first-order valence-corrected chi connectivity index (χ1v) is 10.8. The third-order valence-electron chi connectivity index (χ3n) is 4.94. The van der Waals surface area contributed by atoms with Gasteiger partial charge >= 0.3 is 6.09 Å². The predicted octanol–water partition coefficient (Wildman–Crippen LogP) is 4.29. The van der Waals surface area contributed by atoms with Crippen LogP contribution in [0.3, 0.4) is 0 Å². The standard InChI is InChI=1S/C17H27NO3Si/c1-17(2,3)22(4,5)21-11-9-13-6-7-14-8-10-18(16(19)20)15(14)12-13/h6-7,12H,8-11H2,1-5H3,(H,19,20). The highest BCUT2D eigenvalue weighted by Crippen LogP contribution is 2.36. The van der Waals surface area contributed by atoms with Crippen molar-refractivity contribution in [2.75, 3.05) is 18.1 Å². The average Bonchev–Trinajstić information content (AvgIpc) is 2.80. The van der Waals surface area contributed by atoms with E-state index < -0.39 is 14.4 Å². The monoisotopic (exact) mass is 321 g/mol. The van der Waals surface area contributed by atoms with E-state index in [1.165, 1.54) is 4.90 Å². The number of carboxylic acid groups (broad SMARTS) is 1. The topological polar surface area (TPSA) is 49.8 Å². The minimum atomic E-state index is -1.72. The highest BCUT2D eigenvalue weighted by atomic mass is 28.4. The summed E-state index contributed by atoms with van der Waals surface area (Å²) in [5.74, 6) is 0. The average molecular weight is 321 g/mol. The molecule has 0 unspecified atom stereocenters. The summed E-state index contributed by atoms with van der Waals surface area (Å²) < 4.78 is 6.20. The molecule has 0 aliphatic carbocycles. The maximum Gasteiger partial charge on any atom is 0.411 e. The Hall–Kier alpha value is -1.33. The van der Waals surface area contributed by atoms with E-state index in [4.69, 9.17) is 4.43 Å². The zero-order chi connectivity index (χ0) is 16.5. The summed E-state index contributed by atoms with van der Waals surface area (Å²) in [5, 5.41) is 9.44. The third kappa shape index (κ3) is 3.52. The van der Waals surface area contributed by atoms with Gasteiger partial charge in [0.05, 0.1) is 5.69 Å². The van der Waals surface area contributed by atoms with E-state index in [1.54, 1.807) is 0 Å². The normalized spacial score (nSPS) is 15.0. The van der Waals surface area contributed by atoms with Gasteiger partial charge in [-0.2, -0.15) is 0 Å². The molecule has 122 valence electrons. The molecule has 0 atom stereocenters.